The first kappa shape index (κ1) is 71.0. The van der Waals surface area contributed by atoms with Gasteiger partial charge in [-0.15, -0.1) is 0 Å². The van der Waals surface area contributed by atoms with Crippen molar-refractivity contribution in [1.82, 2.24) is 0 Å². The number of carbonyl (C=O) groups is 3. The third kappa shape index (κ3) is 59.9. The van der Waals surface area contributed by atoms with E-state index in [1.54, 1.807) is 6.08 Å². The van der Waals surface area contributed by atoms with Gasteiger partial charge in [0.05, 0.1) is 6.42 Å². The summed E-state index contributed by atoms with van der Waals surface area (Å²) in [6, 6.07) is 0. The van der Waals surface area contributed by atoms with Crippen molar-refractivity contribution in [2.45, 2.75) is 252 Å². The molecule has 1 atom stereocenters. The maximum absolute atomic E-state index is 12.8. The van der Waals surface area contributed by atoms with Gasteiger partial charge in [0.15, 0.2) is 6.10 Å². The normalized spacial score (nSPS) is 13.2. The summed E-state index contributed by atoms with van der Waals surface area (Å²) in [4.78, 5) is 38.1. The number of hydrogen-bond acceptors (Lipinski definition) is 6. The molecule has 0 amide bonds. The molecule has 6 nitrogen and oxygen atoms in total. The molecule has 0 aliphatic heterocycles. The second-order valence-electron chi connectivity index (χ2n) is 19.5. The molecule has 6 heteroatoms. The van der Waals surface area contributed by atoms with Crippen molar-refractivity contribution in [3.05, 3.63) is 158 Å². The number of unbranched alkanes of at least 4 members (excludes halogenated alkanes) is 17. The molecule has 0 aromatic carbocycles. The summed E-state index contributed by atoms with van der Waals surface area (Å²) in [7, 11) is 0. The smallest absolute Gasteiger partial charge is 0.310 e. The van der Waals surface area contributed by atoms with Crippen LogP contribution in [0.2, 0.25) is 0 Å². The maximum Gasteiger partial charge on any atom is 0.310 e. The molecular formula is C70H110O6. The van der Waals surface area contributed by atoms with Crippen LogP contribution in [0.1, 0.15) is 245 Å². The van der Waals surface area contributed by atoms with Gasteiger partial charge in [-0.1, -0.05) is 275 Å². The lowest BCUT2D eigenvalue weighted by Gasteiger charge is -2.18. The molecule has 0 heterocycles. The van der Waals surface area contributed by atoms with Gasteiger partial charge in [-0.3, -0.25) is 14.4 Å². The molecular weight excluding hydrogens is 937 g/mol. The Kier molecular flexibility index (Phi) is 58.5. The van der Waals surface area contributed by atoms with Crippen molar-refractivity contribution in [2.75, 3.05) is 13.2 Å². The van der Waals surface area contributed by atoms with Gasteiger partial charge in [0.1, 0.15) is 13.2 Å². The van der Waals surface area contributed by atoms with E-state index in [2.05, 4.69) is 167 Å². The van der Waals surface area contributed by atoms with Crippen molar-refractivity contribution in [1.29, 1.82) is 0 Å². The van der Waals surface area contributed by atoms with Gasteiger partial charge in [-0.05, 0) is 109 Å². The predicted molar refractivity (Wildman–Crippen MR) is 329 cm³/mol. The van der Waals surface area contributed by atoms with Gasteiger partial charge < -0.3 is 14.2 Å². The highest BCUT2D eigenvalue weighted by atomic mass is 16.6. The maximum atomic E-state index is 12.8. The first-order valence-electron chi connectivity index (χ1n) is 30.5. The van der Waals surface area contributed by atoms with Gasteiger partial charge >= 0.3 is 17.9 Å². The Morgan fingerprint density at radius 3 is 0.868 bits per heavy atom. The first-order valence-corrected chi connectivity index (χ1v) is 30.5. The van der Waals surface area contributed by atoms with Gasteiger partial charge in [0, 0.05) is 12.8 Å². The third-order valence-corrected chi connectivity index (χ3v) is 12.3. The van der Waals surface area contributed by atoms with Crippen LogP contribution in [0, 0.1) is 0 Å². The molecule has 0 radical (unpaired) electrons. The van der Waals surface area contributed by atoms with Gasteiger partial charge in [-0.2, -0.15) is 0 Å². The minimum absolute atomic E-state index is 0.0852. The number of esters is 3. The number of carbonyl (C=O) groups excluding carboxylic acids is 3. The van der Waals surface area contributed by atoms with Crippen molar-refractivity contribution < 1.29 is 28.6 Å². The highest BCUT2D eigenvalue weighted by Gasteiger charge is 2.19. The second kappa shape index (κ2) is 62.6. The van der Waals surface area contributed by atoms with E-state index in [-0.39, 0.29) is 31.6 Å². The molecule has 0 N–H and O–H groups in total. The summed E-state index contributed by atoms with van der Waals surface area (Å²) in [6.07, 6.45) is 91.2. The molecule has 1 unspecified atom stereocenters. The number of hydrogen-bond donors (Lipinski definition) is 0. The summed E-state index contributed by atoms with van der Waals surface area (Å²) in [5.41, 5.74) is 0. The molecule has 0 aliphatic rings. The van der Waals surface area contributed by atoms with Crippen molar-refractivity contribution in [2.24, 2.45) is 0 Å². The largest absolute Gasteiger partial charge is 0.462 e. The van der Waals surface area contributed by atoms with Crippen LogP contribution in [0.3, 0.4) is 0 Å². The van der Waals surface area contributed by atoms with Crippen LogP contribution in [0.25, 0.3) is 0 Å². The Balaban J connectivity index is 4.47. The highest BCUT2D eigenvalue weighted by Crippen LogP contribution is 2.14. The average Bonchev–Trinajstić information content (AvgIpc) is 3.42. The van der Waals surface area contributed by atoms with Crippen LogP contribution < -0.4 is 0 Å². The Hall–Kier alpha value is -4.97. The topological polar surface area (TPSA) is 78.9 Å². The van der Waals surface area contributed by atoms with Gasteiger partial charge in [-0.25, -0.2) is 0 Å². The van der Waals surface area contributed by atoms with Crippen molar-refractivity contribution in [3.8, 4) is 0 Å². The number of rotatable bonds is 53. The summed E-state index contributed by atoms with van der Waals surface area (Å²) >= 11 is 0. The van der Waals surface area contributed by atoms with E-state index >= 15 is 0 Å². The quantitative estimate of drug-likeness (QED) is 0.0261. The highest BCUT2D eigenvalue weighted by molar-refractivity contribution is 5.72. The lowest BCUT2D eigenvalue weighted by Crippen LogP contribution is -2.30. The van der Waals surface area contributed by atoms with E-state index in [0.717, 1.165) is 128 Å². The zero-order valence-electron chi connectivity index (χ0n) is 48.7. The van der Waals surface area contributed by atoms with Crippen molar-refractivity contribution >= 4 is 17.9 Å². The second-order valence-corrected chi connectivity index (χ2v) is 19.5. The monoisotopic (exact) mass is 1050 g/mol. The fraction of sp³-hybridized carbons (Fsp3) is 0.586. The molecule has 0 fully saturated rings. The molecule has 426 valence electrons. The van der Waals surface area contributed by atoms with Crippen LogP contribution in [0.5, 0.6) is 0 Å². The van der Waals surface area contributed by atoms with Gasteiger partial charge in [0.2, 0.25) is 0 Å². The molecule has 0 spiro atoms. The molecule has 0 aromatic rings. The fourth-order valence-corrected chi connectivity index (χ4v) is 7.83. The van der Waals surface area contributed by atoms with E-state index in [9.17, 15) is 14.4 Å². The lowest BCUT2D eigenvalue weighted by atomic mass is 10.0. The van der Waals surface area contributed by atoms with Crippen LogP contribution in [-0.4, -0.2) is 37.2 Å². The Bertz CT molecular complexity index is 1720. The van der Waals surface area contributed by atoms with E-state index in [1.165, 1.54) is 70.6 Å². The SMILES string of the molecule is CC/C=C\C/C=C\C/C=C\C/C=C\C/C=C\C/C=C\C/C=C\C/C=C\CCCCCCC(=O)OCC(COC(=O)CCCCCCCCCCCCCCCC)OC(=O)C/C=C\C/C=C\C/C=C\C/C=C\C/C=C\CC. The molecule has 0 rings (SSSR count). The Morgan fingerprint density at radius 2 is 0.553 bits per heavy atom. The summed E-state index contributed by atoms with van der Waals surface area (Å²) in [5.74, 6) is -1.09. The average molecular weight is 1050 g/mol. The third-order valence-electron chi connectivity index (χ3n) is 12.3. The fourth-order valence-electron chi connectivity index (χ4n) is 7.83. The molecule has 0 saturated carbocycles. The first-order chi connectivity index (χ1) is 37.5. The molecule has 0 aliphatic carbocycles. The van der Waals surface area contributed by atoms with Crippen LogP contribution in [0.15, 0.2) is 158 Å². The minimum Gasteiger partial charge on any atom is -0.462 e. The Labute approximate surface area is 467 Å². The van der Waals surface area contributed by atoms with Gasteiger partial charge in [0.25, 0.3) is 0 Å². The van der Waals surface area contributed by atoms with Crippen LogP contribution in [0.4, 0.5) is 0 Å². The van der Waals surface area contributed by atoms with E-state index in [4.69, 9.17) is 14.2 Å². The standard InChI is InChI=1S/C70H110O6/c1-4-7-10-13-16-19-22-25-28-29-30-31-32-33-34-35-36-37-38-39-40-41-43-45-48-51-54-57-60-63-69(72)75-66-67(65-74-68(71)62-59-56-53-50-47-44-27-24-21-18-15-12-9-6-3)76-70(73)64-61-58-55-52-49-46-42-26-23-20-17-14-11-8-5-2/h7-8,10-11,16-17,19-20,25-26,28,30-31,33-34,36-37,39-40,42-43,45,49,52,58,61,67H,4-6,9,12-15,18,21-24,27,29,32,35,38,41,44,46-48,50-51,53-57,59-60,62-66H2,1-3H3/b10-7-,11-8-,19-16-,20-17-,28-25-,31-30-,34-33-,37-36-,40-39-,42-26-,45-43-,52-49-,61-58-. The number of ether oxygens (including phenoxy) is 3. The van der Waals surface area contributed by atoms with E-state index in [0.29, 0.717) is 19.3 Å². The molecule has 76 heavy (non-hydrogen) atoms. The zero-order valence-corrected chi connectivity index (χ0v) is 48.7. The zero-order chi connectivity index (χ0) is 55.0. The molecule has 0 saturated heterocycles. The molecule has 0 bridgehead atoms. The van der Waals surface area contributed by atoms with Crippen molar-refractivity contribution in [3.63, 3.8) is 0 Å². The molecule has 0 aromatic heterocycles. The van der Waals surface area contributed by atoms with E-state index in [1.807, 2.05) is 6.08 Å². The predicted octanol–water partition coefficient (Wildman–Crippen LogP) is 20.9. The minimum atomic E-state index is -0.849. The number of allylic oxidation sites excluding steroid dienone is 25. The van der Waals surface area contributed by atoms with Crippen LogP contribution in [-0.2, 0) is 28.6 Å². The lowest BCUT2D eigenvalue weighted by molar-refractivity contribution is -0.166. The van der Waals surface area contributed by atoms with Crippen LogP contribution >= 0.6 is 0 Å². The summed E-state index contributed by atoms with van der Waals surface area (Å²) in [5, 5.41) is 0. The summed E-state index contributed by atoms with van der Waals surface area (Å²) < 4.78 is 16.7. The Morgan fingerprint density at radius 1 is 0.289 bits per heavy atom. The van der Waals surface area contributed by atoms with E-state index < -0.39 is 12.1 Å². The summed E-state index contributed by atoms with van der Waals surface area (Å²) in [6.45, 7) is 6.30.